The highest BCUT2D eigenvalue weighted by Gasteiger charge is 2.06. The predicted octanol–water partition coefficient (Wildman–Crippen LogP) is 5.15. The van der Waals surface area contributed by atoms with Gasteiger partial charge < -0.3 is 15.4 Å². The second kappa shape index (κ2) is 8.21. The SMILES string of the molecule is Cc1cccc(C)c1NCC(=O)Nc1ccc(Oc2ccccc2)cc1. The van der Waals surface area contributed by atoms with Crippen LogP contribution in [-0.4, -0.2) is 12.5 Å². The van der Waals surface area contributed by atoms with Crippen molar-refractivity contribution < 1.29 is 9.53 Å². The molecule has 0 aliphatic carbocycles. The van der Waals surface area contributed by atoms with E-state index in [9.17, 15) is 4.79 Å². The first-order chi connectivity index (χ1) is 12.6. The van der Waals surface area contributed by atoms with Gasteiger partial charge in [0.15, 0.2) is 0 Å². The number of para-hydroxylation sites is 2. The molecule has 1 amide bonds. The predicted molar refractivity (Wildman–Crippen MR) is 106 cm³/mol. The fourth-order valence-electron chi connectivity index (χ4n) is 2.70. The number of rotatable bonds is 6. The Morgan fingerprint density at radius 2 is 1.42 bits per heavy atom. The number of carbonyl (C=O) groups excluding carboxylic acids is 1. The van der Waals surface area contributed by atoms with Gasteiger partial charge in [-0.15, -0.1) is 0 Å². The highest BCUT2D eigenvalue weighted by Crippen LogP contribution is 2.23. The molecule has 3 rings (SSSR count). The van der Waals surface area contributed by atoms with E-state index in [2.05, 4.69) is 10.6 Å². The molecule has 132 valence electrons. The second-order valence-electron chi connectivity index (χ2n) is 6.11. The van der Waals surface area contributed by atoms with E-state index in [4.69, 9.17) is 4.74 Å². The molecule has 4 nitrogen and oxygen atoms in total. The fraction of sp³-hybridized carbons (Fsp3) is 0.136. The number of aryl methyl sites for hydroxylation is 2. The monoisotopic (exact) mass is 346 g/mol. The molecule has 0 heterocycles. The van der Waals surface area contributed by atoms with Gasteiger partial charge in [-0.1, -0.05) is 36.4 Å². The van der Waals surface area contributed by atoms with Crippen LogP contribution in [0.4, 0.5) is 11.4 Å². The molecular weight excluding hydrogens is 324 g/mol. The molecule has 0 aliphatic rings. The van der Waals surface area contributed by atoms with Crippen LogP contribution in [-0.2, 0) is 4.79 Å². The van der Waals surface area contributed by atoms with Gasteiger partial charge in [0.2, 0.25) is 5.91 Å². The Labute approximate surface area is 153 Å². The molecule has 26 heavy (non-hydrogen) atoms. The summed E-state index contributed by atoms with van der Waals surface area (Å²) in [7, 11) is 0. The van der Waals surface area contributed by atoms with Gasteiger partial charge in [0.05, 0.1) is 6.54 Å². The van der Waals surface area contributed by atoms with Crippen molar-refractivity contribution in [1.82, 2.24) is 0 Å². The topological polar surface area (TPSA) is 50.4 Å². The summed E-state index contributed by atoms with van der Waals surface area (Å²) in [5.74, 6) is 1.41. The Hall–Kier alpha value is -3.27. The molecule has 0 unspecified atom stereocenters. The minimum atomic E-state index is -0.0932. The summed E-state index contributed by atoms with van der Waals surface area (Å²) in [5.41, 5.74) is 3.99. The Morgan fingerprint density at radius 3 is 2.08 bits per heavy atom. The molecule has 0 saturated heterocycles. The summed E-state index contributed by atoms with van der Waals surface area (Å²) in [6.07, 6.45) is 0. The van der Waals surface area contributed by atoms with E-state index in [0.717, 1.165) is 34.0 Å². The number of ether oxygens (including phenoxy) is 1. The number of amides is 1. The third-order valence-electron chi connectivity index (χ3n) is 4.02. The summed E-state index contributed by atoms with van der Waals surface area (Å²) >= 11 is 0. The van der Waals surface area contributed by atoms with Gasteiger partial charge in [-0.05, 0) is 61.4 Å². The average molecular weight is 346 g/mol. The van der Waals surface area contributed by atoms with Gasteiger partial charge in [-0.25, -0.2) is 0 Å². The second-order valence-corrected chi connectivity index (χ2v) is 6.11. The largest absolute Gasteiger partial charge is 0.457 e. The van der Waals surface area contributed by atoms with E-state index >= 15 is 0 Å². The van der Waals surface area contributed by atoms with Crippen LogP contribution in [0.15, 0.2) is 72.8 Å². The molecule has 3 aromatic rings. The quantitative estimate of drug-likeness (QED) is 0.649. The van der Waals surface area contributed by atoms with Crippen LogP contribution in [0.1, 0.15) is 11.1 Å². The number of hydrogen-bond donors (Lipinski definition) is 2. The number of nitrogens with one attached hydrogen (secondary N) is 2. The van der Waals surface area contributed by atoms with Crippen LogP contribution in [0.3, 0.4) is 0 Å². The summed E-state index contributed by atoms with van der Waals surface area (Å²) in [6.45, 7) is 4.27. The van der Waals surface area contributed by atoms with E-state index in [-0.39, 0.29) is 12.5 Å². The number of hydrogen-bond acceptors (Lipinski definition) is 3. The van der Waals surface area contributed by atoms with Gasteiger partial charge in [-0.2, -0.15) is 0 Å². The average Bonchev–Trinajstić information content (AvgIpc) is 2.64. The zero-order chi connectivity index (χ0) is 18.4. The number of benzene rings is 3. The molecule has 4 heteroatoms. The molecule has 0 radical (unpaired) electrons. The van der Waals surface area contributed by atoms with Gasteiger partial charge in [0.25, 0.3) is 0 Å². The van der Waals surface area contributed by atoms with Crippen LogP contribution in [0, 0.1) is 13.8 Å². The zero-order valence-corrected chi connectivity index (χ0v) is 15.0. The maximum absolute atomic E-state index is 12.2. The first-order valence-electron chi connectivity index (χ1n) is 8.55. The standard InChI is InChI=1S/C22H22N2O2/c1-16-7-6-8-17(2)22(16)23-15-21(25)24-18-11-13-20(14-12-18)26-19-9-4-3-5-10-19/h3-14,23H,15H2,1-2H3,(H,24,25). The maximum Gasteiger partial charge on any atom is 0.243 e. The van der Waals surface area contributed by atoms with Crippen LogP contribution in [0.25, 0.3) is 0 Å². The van der Waals surface area contributed by atoms with Crippen molar-refractivity contribution in [3.05, 3.63) is 83.9 Å². The Bertz CT molecular complexity index is 854. The van der Waals surface area contributed by atoms with Gasteiger partial charge in [0, 0.05) is 11.4 Å². The molecule has 2 N–H and O–H groups in total. The molecule has 0 aliphatic heterocycles. The lowest BCUT2D eigenvalue weighted by molar-refractivity contribution is -0.114. The smallest absolute Gasteiger partial charge is 0.243 e. The summed E-state index contributed by atoms with van der Waals surface area (Å²) < 4.78 is 5.74. The number of carbonyl (C=O) groups is 1. The van der Waals surface area contributed by atoms with Crippen molar-refractivity contribution in [2.75, 3.05) is 17.2 Å². The molecule has 0 aromatic heterocycles. The van der Waals surface area contributed by atoms with E-state index in [1.165, 1.54) is 0 Å². The normalized spacial score (nSPS) is 10.2. The highest BCUT2D eigenvalue weighted by atomic mass is 16.5. The van der Waals surface area contributed by atoms with Gasteiger partial charge >= 0.3 is 0 Å². The van der Waals surface area contributed by atoms with Crippen molar-refractivity contribution >= 4 is 17.3 Å². The highest BCUT2D eigenvalue weighted by molar-refractivity contribution is 5.94. The Morgan fingerprint density at radius 1 is 0.808 bits per heavy atom. The lowest BCUT2D eigenvalue weighted by Crippen LogP contribution is -2.22. The zero-order valence-electron chi connectivity index (χ0n) is 15.0. The van der Waals surface area contributed by atoms with Crippen LogP contribution in [0.5, 0.6) is 11.5 Å². The first kappa shape index (κ1) is 17.5. The van der Waals surface area contributed by atoms with Crippen molar-refractivity contribution in [3.8, 4) is 11.5 Å². The Kier molecular flexibility index (Phi) is 5.54. The third kappa shape index (κ3) is 4.63. The first-order valence-corrected chi connectivity index (χ1v) is 8.55. The minimum Gasteiger partial charge on any atom is -0.457 e. The molecule has 0 spiro atoms. The lowest BCUT2D eigenvalue weighted by atomic mass is 10.1. The van der Waals surface area contributed by atoms with Crippen molar-refractivity contribution in [1.29, 1.82) is 0 Å². The fourth-order valence-corrected chi connectivity index (χ4v) is 2.70. The van der Waals surface area contributed by atoms with E-state index in [1.807, 2.05) is 86.6 Å². The van der Waals surface area contributed by atoms with Gasteiger partial charge in [0.1, 0.15) is 11.5 Å². The lowest BCUT2D eigenvalue weighted by Gasteiger charge is -2.13. The molecule has 0 bridgehead atoms. The number of anilines is 2. The molecule has 0 atom stereocenters. The third-order valence-corrected chi connectivity index (χ3v) is 4.02. The summed E-state index contributed by atoms with van der Waals surface area (Å²) in [5, 5.41) is 6.09. The van der Waals surface area contributed by atoms with E-state index in [0.29, 0.717) is 0 Å². The molecule has 3 aromatic carbocycles. The van der Waals surface area contributed by atoms with Crippen LogP contribution >= 0.6 is 0 Å². The van der Waals surface area contributed by atoms with E-state index < -0.39 is 0 Å². The Balaban J connectivity index is 1.54. The van der Waals surface area contributed by atoms with Gasteiger partial charge in [-0.3, -0.25) is 4.79 Å². The van der Waals surface area contributed by atoms with E-state index in [1.54, 1.807) is 0 Å². The van der Waals surface area contributed by atoms with Crippen LogP contribution in [0.2, 0.25) is 0 Å². The van der Waals surface area contributed by atoms with Crippen molar-refractivity contribution in [2.45, 2.75) is 13.8 Å². The maximum atomic E-state index is 12.2. The minimum absolute atomic E-state index is 0.0932. The molecular formula is C22H22N2O2. The molecule has 0 saturated carbocycles. The molecule has 0 fully saturated rings. The summed E-state index contributed by atoms with van der Waals surface area (Å²) in [6, 6.07) is 23.0. The van der Waals surface area contributed by atoms with Crippen LogP contribution < -0.4 is 15.4 Å². The summed E-state index contributed by atoms with van der Waals surface area (Å²) in [4.78, 5) is 12.2. The van der Waals surface area contributed by atoms with Crippen molar-refractivity contribution in [2.24, 2.45) is 0 Å². The van der Waals surface area contributed by atoms with Crippen molar-refractivity contribution in [3.63, 3.8) is 0 Å².